The lowest BCUT2D eigenvalue weighted by atomic mass is 10.1. The van der Waals surface area contributed by atoms with Crippen LogP contribution in [0, 0.1) is 0 Å². The first-order valence-corrected chi connectivity index (χ1v) is 5.66. The van der Waals surface area contributed by atoms with Gasteiger partial charge in [-0.1, -0.05) is 30.3 Å². The first-order chi connectivity index (χ1) is 8.59. The number of carboxylic acid groups (broad SMARTS) is 1. The third kappa shape index (κ3) is 2.34. The summed E-state index contributed by atoms with van der Waals surface area (Å²) in [5.41, 5.74) is 0.936. The predicted octanol–water partition coefficient (Wildman–Crippen LogP) is 2.67. The Morgan fingerprint density at radius 2 is 2.00 bits per heavy atom. The van der Waals surface area contributed by atoms with Crippen LogP contribution < -0.4 is 4.90 Å². The smallest absolute Gasteiger partial charge is 0.413 e. The average molecular weight is 245 g/mol. The van der Waals surface area contributed by atoms with Crippen LogP contribution in [0.1, 0.15) is 18.5 Å². The lowest BCUT2D eigenvalue weighted by molar-refractivity contribution is 0.199. The molecular weight excluding hydrogens is 230 g/mol. The number of rotatable bonds is 3. The molecule has 1 unspecified atom stereocenters. The molecule has 2 aromatic rings. The number of aromatic nitrogens is 2. The van der Waals surface area contributed by atoms with Gasteiger partial charge in [0.25, 0.3) is 0 Å². The fourth-order valence-corrected chi connectivity index (χ4v) is 1.87. The van der Waals surface area contributed by atoms with Crippen molar-refractivity contribution in [2.75, 3.05) is 4.90 Å². The van der Waals surface area contributed by atoms with E-state index in [4.69, 9.17) is 0 Å². The van der Waals surface area contributed by atoms with E-state index in [2.05, 4.69) is 5.10 Å². The standard InChI is InChI=1S/C13H15N3O2/c1-10(11-6-4-3-5-7-11)16(13(17)18)12-8-9-15(2)14-12/h3-10H,1-2H3,(H,17,18). The van der Waals surface area contributed by atoms with E-state index in [0.29, 0.717) is 5.82 Å². The summed E-state index contributed by atoms with van der Waals surface area (Å²) in [7, 11) is 1.76. The Hall–Kier alpha value is -2.30. The van der Waals surface area contributed by atoms with E-state index in [1.807, 2.05) is 37.3 Å². The van der Waals surface area contributed by atoms with Crippen molar-refractivity contribution in [2.45, 2.75) is 13.0 Å². The van der Waals surface area contributed by atoms with Crippen molar-refractivity contribution in [3.63, 3.8) is 0 Å². The van der Waals surface area contributed by atoms with Gasteiger partial charge in [0.2, 0.25) is 0 Å². The second-order valence-electron chi connectivity index (χ2n) is 4.09. The molecule has 5 nitrogen and oxygen atoms in total. The number of aryl methyl sites for hydroxylation is 1. The van der Waals surface area contributed by atoms with E-state index in [1.54, 1.807) is 24.0 Å². The average Bonchev–Trinajstić information content (AvgIpc) is 2.76. The predicted molar refractivity (Wildman–Crippen MR) is 68.6 cm³/mol. The van der Waals surface area contributed by atoms with Crippen LogP contribution in [0.5, 0.6) is 0 Å². The van der Waals surface area contributed by atoms with Crippen LogP contribution in [0.4, 0.5) is 10.6 Å². The fraction of sp³-hybridized carbons (Fsp3) is 0.231. The molecule has 1 atom stereocenters. The van der Waals surface area contributed by atoms with E-state index >= 15 is 0 Å². The number of carbonyl (C=O) groups is 1. The molecule has 94 valence electrons. The summed E-state index contributed by atoms with van der Waals surface area (Å²) in [6.45, 7) is 1.85. The molecule has 0 saturated heterocycles. The Morgan fingerprint density at radius 1 is 1.33 bits per heavy atom. The number of nitrogens with zero attached hydrogens (tertiary/aromatic N) is 3. The van der Waals surface area contributed by atoms with Crippen molar-refractivity contribution in [3.8, 4) is 0 Å². The minimum Gasteiger partial charge on any atom is -0.465 e. The zero-order valence-electron chi connectivity index (χ0n) is 10.3. The van der Waals surface area contributed by atoms with Gasteiger partial charge in [-0.2, -0.15) is 5.10 Å². The molecule has 1 aromatic carbocycles. The Balaban J connectivity index is 2.34. The van der Waals surface area contributed by atoms with E-state index in [0.717, 1.165) is 5.56 Å². The minimum atomic E-state index is -1.01. The molecule has 1 heterocycles. The van der Waals surface area contributed by atoms with Gasteiger partial charge in [-0.25, -0.2) is 4.79 Å². The molecule has 0 fully saturated rings. The van der Waals surface area contributed by atoms with Gasteiger partial charge in [-0.15, -0.1) is 0 Å². The van der Waals surface area contributed by atoms with Crippen LogP contribution in [0.2, 0.25) is 0 Å². The zero-order chi connectivity index (χ0) is 13.1. The van der Waals surface area contributed by atoms with Gasteiger partial charge >= 0.3 is 6.09 Å². The van der Waals surface area contributed by atoms with Crippen molar-refractivity contribution < 1.29 is 9.90 Å². The molecule has 0 aliphatic carbocycles. The highest BCUT2D eigenvalue weighted by Crippen LogP contribution is 2.25. The molecule has 0 bridgehead atoms. The maximum Gasteiger partial charge on any atom is 0.413 e. The van der Waals surface area contributed by atoms with Crippen molar-refractivity contribution >= 4 is 11.9 Å². The summed E-state index contributed by atoms with van der Waals surface area (Å²) in [4.78, 5) is 12.7. The van der Waals surface area contributed by atoms with E-state index in [1.165, 1.54) is 4.90 Å². The van der Waals surface area contributed by atoms with Gasteiger partial charge in [0.05, 0.1) is 6.04 Å². The summed E-state index contributed by atoms with van der Waals surface area (Å²) in [5.74, 6) is 0.432. The van der Waals surface area contributed by atoms with Crippen LogP contribution in [-0.4, -0.2) is 21.0 Å². The number of benzene rings is 1. The van der Waals surface area contributed by atoms with Crippen LogP contribution in [0.15, 0.2) is 42.6 Å². The number of hydrogen-bond acceptors (Lipinski definition) is 2. The molecular formula is C13H15N3O2. The first kappa shape index (κ1) is 12.2. The van der Waals surface area contributed by atoms with Gasteiger partial charge in [-0.05, 0) is 12.5 Å². The zero-order valence-corrected chi connectivity index (χ0v) is 10.3. The van der Waals surface area contributed by atoms with E-state index < -0.39 is 6.09 Å². The fourth-order valence-electron chi connectivity index (χ4n) is 1.87. The molecule has 1 N–H and O–H groups in total. The van der Waals surface area contributed by atoms with Gasteiger partial charge in [-0.3, -0.25) is 9.58 Å². The number of hydrogen-bond donors (Lipinski definition) is 1. The Labute approximate surface area is 105 Å². The van der Waals surface area contributed by atoms with Crippen molar-refractivity contribution in [2.24, 2.45) is 7.05 Å². The van der Waals surface area contributed by atoms with Crippen molar-refractivity contribution in [1.29, 1.82) is 0 Å². The van der Waals surface area contributed by atoms with Crippen LogP contribution >= 0.6 is 0 Å². The highest BCUT2D eigenvalue weighted by Gasteiger charge is 2.24. The summed E-state index contributed by atoms with van der Waals surface area (Å²) in [6.07, 6.45) is 0.716. The highest BCUT2D eigenvalue weighted by molar-refractivity contribution is 5.85. The Bertz CT molecular complexity index is 536. The highest BCUT2D eigenvalue weighted by atomic mass is 16.4. The summed E-state index contributed by atoms with van der Waals surface area (Å²) < 4.78 is 1.59. The van der Waals surface area contributed by atoms with E-state index in [9.17, 15) is 9.90 Å². The molecule has 0 radical (unpaired) electrons. The van der Waals surface area contributed by atoms with Crippen LogP contribution in [-0.2, 0) is 7.05 Å². The van der Waals surface area contributed by atoms with Crippen LogP contribution in [0.25, 0.3) is 0 Å². The van der Waals surface area contributed by atoms with Gasteiger partial charge in [0.15, 0.2) is 5.82 Å². The topological polar surface area (TPSA) is 58.4 Å². The second-order valence-corrected chi connectivity index (χ2v) is 4.09. The lowest BCUT2D eigenvalue weighted by Gasteiger charge is -2.24. The largest absolute Gasteiger partial charge is 0.465 e. The maximum atomic E-state index is 11.4. The summed E-state index contributed by atoms with van der Waals surface area (Å²) in [5, 5.41) is 13.5. The molecule has 2 rings (SSSR count). The van der Waals surface area contributed by atoms with Crippen molar-refractivity contribution in [1.82, 2.24) is 9.78 Å². The van der Waals surface area contributed by atoms with Gasteiger partial charge in [0.1, 0.15) is 0 Å². The molecule has 5 heteroatoms. The Morgan fingerprint density at radius 3 is 2.50 bits per heavy atom. The molecule has 0 aliphatic rings. The van der Waals surface area contributed by atoms with Gasteiger partial charge in [0, 0.05) is 19.3 Å². The van der Waals surface area contributed by atoms with E-state index in [-0.39, 0.29) is 6.04 Å². The molecule has 0 saturated carbocycles. The third-order valence-electron chi connectivity index (χ3n) is 2.82. The number of anilines is 1. The third-order valence-corrected chi connectivity index (χ3v) is 2.82. The molecule has 0 spiro atoms. The molecule has 18 heavy (non-hydrogen) atoms. The number of amides is 1. The monoisotopic (exact) mass is 245 g/mol. The second kappa shape index (κ2) is 4.91. The normalized spacial score (nSPS) is 12.1. The van der Waals surface area contributed by atoms with Crippen molar-refractivity contribution in [3.05, 3.63) is 48.2 Å². The molecule has 0 aliphatic heterocycles. The molecule has 1 amide bonds. The minimum absolute atomic E-state index is 0.279. The quantitative estimate of drug-likeness (QED) is 0.904. The SMILES string of the molecule is CC(c1ccccc1)N(C(=O)O)c1ccn(C)n1. The molecule has 1 aromatic heterocycles. The van der Waals surface area contributed by atoms with Gasteiger partial charge < -0.3 is 5.11 Å². The lowest BCUT2D eigenvalue weighted by Crippen LogP contribution is -2.32. The first-order valence-electron chi connectivity index (χ1n) is 5.66. The van der Waals surface area contributed by atoms with Crippen LogP contribution in [0.3, 0.4) is 0 Å². The maximum absolute atomic E-state index is 11.4. The summed E-state index contributed by atoms with van der Waals surface area (Å²) in [6, 6.07) is 10.9. The Kier molecular flexibility index (Phi) is 3.32. The summed E-state index contributed by atoms with van der Waals surface area (Å²) >= 11 is 0.